The minimum Gasteiger partial charge on any atom is -0.387 e. The molecule has 4 fully saturated rings. The fourth-order valence-electron chi connectivity index (χ4n) is 9.98. The zero-order valence-corrected chi connectivity index (χ0v) is 26.7. The molecule has 41 heavy (non-hydrogen) atoms. The smallest absolute Gasteiger partial charge is 0.184 e. The van der Waals surface area contributed by atoms with Crippen molar-refractivity contribution >= 4 is 12.3 Å². The molecular weight excluding hydrogens is 540 g/mol. The van der Waals surface area contributed by atoms with Crippen molar-refractivity contribution in [2.75, 3.05) is 6.61 Å². The zero-order valence-electron chi connectivity index (χ0n) is 25.9. The van der Waals surface area contributed by atoms with E-state index in [1.807, 2.05) is 0 Å². The van der Waals surface area contributed by atoms with Crippen LogP contribution in [0.25, 0.3) is 0 Å². The van der Waals surface area contributed by atoms with Crippen molar-refractivity contribution in [3.05, 3.63) is 11.6 Å². The van der Waals surface area contributed by atoms with Crippen LogP contribution in [0.15, 0.2) is 11.6 Å². The summed E-state index contributed by atoms with van der Waals surface area (Å²) in [6, 6.07) is 0. The largest absolute Gasteiger partial charge is 0.387 e. The van der Waals surface area contributed by atoms with E-state index < -0.39 is 30.7 Å². The lowest BCUT2D eigenvalue weighted by atomic mass is 9.47. The maximum Gasteiger partial charge on any atom is 0.184 e. The molecule has 5 aliphatic rings. The molecule has 4 N–H and O–H groups in total. The van der Waals surface area contributed by atoms with Gasteiger partial charge in [-0.1, -0.05) is 65.5 Å². The summed E-state index contributed by atoms with van der Waals surface area (Å²) in [5, 5.41) is 39.3. The van der Waals surface area contributed by atoms with Crippen LogP contribution in [0.2, 0.25) is 0 Å². The second kappa shape index (κ2) is 13.0. The third-order valence-corrected chi connectivity index (χ3v) is 13.0. The number of rotatable bonds is 10. The van der Waals surface area contributed by atoms with Crippen LogP contribution in [0.3, 0.4) is 0 Å². The number of fused-ring (bicyclic) bond motifs is 5. The van der Waals surface area contributed by atoms with Crippen molar-refractivity contribution in [1.82, 2.24) is 0 Å². The molecule has 8 heteroatoms. The molecule has 0 spiro atoms. The van der Waals surface area contributed by atoms with Gasteiger partial charge in [0.15, 0.2) is 18.6 Å². The summed E-state index contributed by atoms with van der Waals surface area (Å²) in [7, 11) is 0. The predicted molar refractivity (Wildman–Crippen MR) is 160 cm³/mol. The SMILES string of the molecule is CC(C)CCC[C@@H](C)[C@H]1CC[C@H]2[C@@H]3CC=C4CC(OSOC[C@H]5O[C@@H](O)[C@H](O)[C@@H](O)[C@H]5O)CC[C@]4(C)[C@H]3CC[C@]12C. The number of aliphatic hydroxyl groups is 4. The summed E-state index contributed by atoms with van der Waals surface area (Å²) in [6.07, 6.45) is 9.80. The second-order valence-electron chi connectivity index (χ2n) is 15.1. The predicted octanol–water partition coefficient (Wildman–Crippen LogP) is 5.79. The van der Waals surface area contributed by atoms with Gasteiger partial charge in [0.05, 0.1) is 12.7 Å². The van der Waals surface area contributed by atoms with Gasteiger partial charge < -0.3 is 25.2 Å². The molecule has 1 unspecified atom stereocenters. The molecule has 0 aromatic carbocycles. The van der Waals surface area contributed by atoms with Crippen LogP contribution in [-0.4, -0.2) is 63.8 Å². The summed E-state index contributed by atoms with van der Waals surface area (Å²) in [5.74, 6) is 4.99. The van der Waals surface area contributed by atoms with Crippen LogP contribution in [0.4, 0.5) is 0 Å². The van der Waals surface area contributed by atoms with Gasteiger partial charge in [-0.05, 0) is 97.7 Å². The molecule has 1 heterocycles. The Balaban J connectivity index is 1.13. The highest BCUT2D eigenvalue weighted by atomic mass is 32.2. The van der Waals surface area contributed by atoms with Crippen LogP contribution >= 0.6 is 12.3 Å². The normalized spacial score (nSPS) is 46.9. The Labute approximate surface area is 252 Å². The molecule has 3 saturated carbocycles. The third-order valence-electron chi connectivity index (χ3n) is 12.4. The fraction of sp³-hybridized carbons (Fsp3) is 0.939. The van der Waals surface area contributed by atoms with Gasteiger partial charge in [0.2, 0.25) is 0 Å². The van der Waals surface area contributed by atoms with Crippen molar-refractivity contribution in [3.63, 3.8) is 0 Å². The average Bonchev–Trinajstić information content (AvgIpc) is 3.29. The van der Waals surface area contributed by atoms with Crippen LogP contribution in [0.1, 0.15) is 105 Å². The van der Waals surface area contributed by atoms with E-state index in [0.29, 0.717) is 5.41 Å². The zero-order chi connectivity index (χ0) is 29.5. The first-order valence-electron chi connectivity index (χ1n) is 16.5. The molecule has 0 amide bonds. The topological polar surface area (TPSA) is 109 Å². The Bertz CT molecular complexity index is 914. The Morgan fingerprint density at radius 2 is 1.73 bits per heavy atom. The lowest BCUT2D eigenvalue weighted by molar-refractivity contribution is -0.285. The van der Waals surface area contributed by atoms with E-state index in [0.717, 1.165) is 67.1 Å². The van der Waals surface area contributed by atoms with Crippen molar-refractivity contribution in [1.29, 1.82) is 0 Å². The molecule has 0 aromatic heterocycles. The lowest BCUT2D eigenvalue weighted by Crippen LogP contribution is -2.58. The maximum absolute atomic E-state index is 10.1. The first-order chi connectivity index (χ1) is 19.5. The molecule has 13 atom stereocenters. The third kappa shape index (κ3) is 6.33. The van der Waals surface area contributed by atoms with E-state index in [9.17, 15) is 20.4 Å². The highest BCUT2D eigenvalue weighted by Gasteiger charge is 2.59. The van der Waals surface area contributed by atoms with Gasteiger partial charge in [-0.2, -0.15) is 0 Å². The van der Waals surface area contributed by atoms with Crippen molar-refractivity contribution in [3.8, 4) is 0 Å². The van der Waals surface area contributed by atoms with E-state index in [1.54, 1.807) is 5.57 Å². The van der Waals surface area contributed by atoms with Gasteiger partial charge in [-0.25, -0.2) is 0 Å². The molecule has 5 rings (SSSR count). The number of allylic oxidation sites excluding steroid dienone is 1. The Hall–Kier alpha value is -0.190. The highest BCUT2D eigenvalue weighted by molar-refractivity contribution is 7.89. The molecule has 0 bridgehead atoms. The summed E-state index contributed by atoms with van der Waals surface area (Å²) in [4.78, 5) is 0. The standard InChI is InChI=1S/C33H56O7S/c1-19(2)7-6-8-20(3)24-11-12-25-23-10-9-21-17-22(13-15-32(21,4)26(23)14-16-33(24,25)5)40-41-38-18-27-28(34)29(35)30(36)31(37)39-27/h9,19-20,22-31,34-37H,6-8,10-18H2,1-5H3/t20-,22?,23+,24-,25+,26+,27-,28+,29+,30-,31-,32+,33-/m1/s1. The number of hydrogen-bond acceptors (Lipinski definition) is 8. The minimum atomic E-state index is -1.56. The highest BCUT2D eigenvalue weighted by Crippen LogP contribution is 2.67. The molecule has 7 nitrogen and oxygen atoms in total. The number of hydrogen-bond donors (Lipinski definition) is 4. The van der Waals surface area contributed by atoms with Gasteiger partial charge in [-0.15, -0.1) is 0 Å². The summed E-state index contributed by atoms with van der Waals surface area (Å²) >= 11 is 0.898. The van der Waals surface area contributed by atoms with Crippen molar-refractivity contribution in [2.45, 2.75) is 142 Å². The maximum atomic E-state index is 10.1. The van der Waals surface area contributed by atoms with E-state index in [4.69, 9.17) is 13.1 Å². The second-order valence-corrected chi connectivity index (χ2v) is 15.7. The van der Waals surface area contributed by atoms with Crippen molar-refractivity contribution in [2.24, 2.45) is 46.3 Å². The summed E-state index contributed by atoms with van der Waals surface area (Å²) < 4.78 is 16.7. The number of ether oxygens (including phenoxy) is 1. The van der Waals surface area contributed by atoms with E-state index in [1.165, 1.54) is 51.4 Å². The average molecular weight is 597 g/mol. The molecule has 0 radical (unpaired) electrons. The molecule has 1 aliphatic heterocycles. The molecule has 236 valence electrons. The quantitative estimate of drug-likeness (QED) is 0.143. The van der Waals surface area contributed by atoms with Gasteiger partial charge in [0.25, 0.3) is 0 Å². The van der Waals surface area contributed by atoms with Crippen LogP contribution in [0, 0.1) is 46.3 Å². The van der Waals surface area contributed by atoms with Crippen molar-refractivity contribution < 1.29 is 33.5 Å². The Kier molecular flexibility index (Phi) is 10.2. The van der Waals surface area contributed by atoms with Crippen LogP contribution < -0.4 is 0 Å². The Morgan fingerprint density at radius 1 is 0.951 bits per heavy atom. The lowest BCUT2D eigenvalue weighted by Gasteiger charge is -2.58. The summed E-state index contributed by atoms with van der Waals surface area (Å²) in [6.45, 7) is 12.4. The first kappa shape index (κ1) is 32.2. The summed E-state index contributed by atoms with van der Waals surface area (Å²) in [5.41, 5.74) is 2.35. The molecule has 0 aromatic rings. The molecule has 1 saturated heterocycles. The fourth-order valence-corrected chi connectivity index (χ4v) is 10.5. The van der Waals surface area contributed by atoms with Crippen LogP contribution in [-0.2, 0) is 13.1 Å². The van der Waals surface area contributed by atoms with Crippen LogP contribution in [0.5, 0.6) is 0 Å². The van der Waals surface area contributed by atoms with Gasteiger partial charge in [-0.3, -0.25) is 8.37 Å². The molecule has 4 aliphatic carbocycles. The minimum absolute atomic E-state index is 0.0684. The first-order valence-corrected chi connectivity index (χ1v) is 17.1. The van der Waals surface area contributed by atoms with Gasteiger partial charge >= 0.3 is 0 Å². The van der Waals surface area contributed by atoms with E-state index >= 15 is 0 Å². The van der Waals surface area contributed by atoms with Gasteiger partial charge in [0.1, 0.15) is 24.4 Å². The molecular formula is C33H56O7S. The monoisotopic (exact) mass is 596 g/mol. The Morgan fingerprint density at radius 3 is 2.49 bits per heavy atom. The van der Waals surface area contributed by atoms with E-state index in [2.05, 4.69) is 40.7 Å². The van der Waals surface area contributed by atoms with E-state index in [-0.39, 0.29) is 18.1 Å². The number of aliphatic hydroxyl groups excluding tert-OH is 4. The van der Waals surface area contributed by atoms with Gasteiger partial charge in [0, 0.05) is 0 Å².